The van der Waals surface area contributed by atoms with Gasteiger partial charge in [0.05, 0.1) is 6.54 Å². The maximum atomic E-state index is 11.5. The number of carbonyl (C=O) groups excluding carboxylic acids is 1. The highest BCUT2D eigenvalue weighted by Gasteiger charge is 2.44. The average molecular weight is 260 g/mol. The van der Waals surface area contributed by atoms with Crippen LogP contribution < -0.4 is 0 Å². The zero-order valence-corrected chi connectivity index (χ0v) is 11.1. The molecule has 0 atom stereocenters. The molecule has 2 saturated heterocycles. The second kappa shape index (κ2) is 4.94. The van der Waals surface area contributed by atoms with Crippen LogP contribution in [0, 0.1) is 5.41 Å². The minimum atomic E-state index is -0.114. The summed E-state index contributed by atoms with van der Waals surface area (Å²) < 4.78 is 0. The SMILES string of the molecule is O=C1CC2(CCN(Cc3ccccc3)CC2)CN1O. The molecule has 1 spiro atoms. The van der Waals surface area contributed by atoms with Gasteiger partial charge in [-0.2, -0.15) is 0 Å². The van der Waals surface area contributed by atoms with Crippen molar-refractivity contribution in [2.24, 2.45) is 5.41 Å². The van der Waals surface area contributed by atoms with Crippen molar-refractivity contribution in [3.8, 4) is 0 Å². The fraction of sp³-hybridized carbons (Fsp3) is 0.533. The summed E-state index contributed by atoms with van der Waals surface area (Å²) in [5.41, 5.74) is 1.36. The van der Waals surface area contributed by atoms with Gasteiger partial charge in [0, 0.05) is 18.4 Å². The lowest BCUT2D eigenvalue weighted by Crippen LogP contribution is -2.40. The third-order valence-electron chi connectivity index (χ3n) is 4.47. The van der Waals surface area contributed by atoms with Gasteiger partial charge in [-0.15, -0.1) is 0 Å². The van der Waals surface area contributed by atoms with E-state index in [0.717, 1.165) is 37.5 Å². The molecule has 2 fully saturated rings. The van der Waals surface area contributed by atoms with Crippen molar-refractivity contribution in [1.82, 2.24) is 9.96 Å². The Hall–Kier alpha value is -1.39. The van der Waals surface area contributed by atoms with Crippen molar-refractivity contribution in [2.45, 2.75) is 25.8 Å². The number of carbonyl (C=O) groups is 1. The number of hydroxylamine groups is 2. The number of likely N-dealkylation sites (tertiary alicyclic amines) is 1. The topological polar surface area (TPSA) is 43.8 Å². The molecule has 0 radical (unpaired) electrons. The summed E-state index contributed by atoms with van der Waals surface area (Å²) >= 11 is 0. The number of rotatable bonds is 2. The molecule has 3 rings (SSSR count). The summed E-state index contributed by atoms with van der Waals surface area (Å²) in [5, 5.41) is 10.4. The Morgan fingerprint density at radius 3 is 2.42 bits per heavy atom. The highest BCUT2D eigenvalue weighted by atomic mass is 16.5. The first-order valence-electron chi connectivity index (χ1n) is 6.92. The molecule has 0 aromatic heterocycles. The van der Waals surface area contributed by atoms with Gasteiger partial charge in [-0.3, -0.25) is 14.9 Å². The molecular formula is C15H20N2O2. The van der Waals surface area contributed by atoms with E-state index in [1.165, 1.54) is 5.56 Å². The van der Waals surface area contributed by atoms with Gasteiger partial charge >= 0.3 is 0 Å². The lowest BCUT2D eigenvalue weighted by Gasteiger charge is -2.38. The van der Waals surface area contributed by atoms with Gasteiger partial charge < -0.3 is 0 Å². The van der Waals surface area contributed by atoms with Crippen molar-refractivity contribution >= 4 is 5.91 Å². The molecule has 1 aromatic rings. The second-order valence-corrected chi connectivity index (χ2v) is 5.89. The normalized spacial score (nSPS) is 23.2. The summed E-state index contributed by atoms with van der Waals surface area (Å²) in [6, 6.07) is 10.5. The van der Waals surface area contributed by atoms with E-state index in [1.54, 1.807) is 0 Å². The van der Waals surface area contributed by atoms with E-state index in [1.807, 2.05) is 6.07 Å². The molecule has 1 N–H and O–H groups in total. The van der Waals surface area contributed by atoms with Crippen molar-refractivity contribution < 1.29 is 10.0 Å². The van der Waals surface area contributed by atoms with E-state index in [4.69, 9.17) is 0 Å². The maximum Gasteiger partial charge on any atom is 0.246 e. The maximum absolute atomic E-state index is 11.5. The van der Waals surface area contributed by atoms with Gasteiger partial charge in [-0.1, -0.05) is 30.3 Å². The summed E-state index contributed by atoms with van der Waals surface area (Å²) in [5.74, 6) is -0.114. The molecule has 1 aromatic carbocycles. The van der Waals surface area contributed by atoms with Crippen LogP contribution in [0.2, 0.25) is 0 Å². The Balaban J connectivity index is 1.57. The van der Waals surface area contributed by atoms with Crippen molar-refractivity contribution in [1.29, 1.82) is 0 Å². The second-order valence-electron chi connectivity index (χ2n) is 5.89. The van der Waals surface area contributed by atoms with Crippen molar-refractivity contribution in [3.63, 3.8) is 0 Å². The summed E-state index contributed by atoms with van der Waals surface area (Å²) in [6.45, 7) is 3.52. The van der Waals surface area contributed by atoms with E-state index in [0.29, 0.717) is 13.0 Å². The number of hydrogen-bond donors (Lipinski definition) is 1. The van der Waals surface area contributed by atoms with Crippen LogP contribution in [-0.4, -0.2) is 40.7 Å². The Morgan fingerprint density at radius 2 is 1.84 bits per heavy atom. The van der Waals surface area contributed by atoms with Crippen molar-refractivity contribution in [2.75, 3.05) is 19.6 Å². The predicted molar refractivity (Wildman–Crippen MR) is 71.5 cm³/mol. The number of piperidine rings is 1. The van der Waals surface area contributed by atoms with Crippen LogP contribution in [0.25, 0.3) is 0 Å². The van der Waals surface area contributed by atoms with Crippen LogP contribution >= 0.6 is 0 Å². The molecular weight excluding hydrogens is 240 g/mol. The fourth-order valence-electron chi connectivity index (χ4n) is 3.24. The number of hydrogen-bond acceptors (Lipinski definition) is 3. The largest absolute Gasteiger partial charge is 0.299 e. The molecule has 1 amide bonds. The number of amides is 1. The monoisotopic (exact) mass is 260 g/mol. The third kappa shape index (κ3) is 2.65. The molecule has 0 bridgehead atoms. The van der Waals surface area contributed by atoms with Crippen LogP contribution in [0.4, 0.5) is 0 Å². The Bertz CT molecular complexity index is 452. The smallest absolute Gasteiger partial charge is 0.246 e. The van der Waals surface area contributed by atoms with Gasteiger partial charge in [0.1, 0.15) is 0 Å². The van der Waals surface area contributed by atoms with Crippen LogP contribution in [-0.2, 0) is 11.3 Å². The van der Waals surface area contributed by atoms with Crippen LogP contribution in [0.3, 0.4) is 0 Å². The first-order valence-corrected chi connectivity index (χ1v) is 6.92. The molecule has 0 saturated carbocycles. The van der Waals surface area contributed by atoms with E-state index in [2.05, 4.69) is 29.2 Å². The lowest BCUT2D eigenvalue weighted by atomic mass is 9.77. The molecule has 2 heterocycles. The summed E-state index contributed by atoms with van der Waals surface area (Å²) in [7, 11) is 0. The first kappa shape index (κ1) is 12.6. The minimum Gasteiger partial charge on any atom is -0.299 e. The van der Waals surface area contributed by atoms with E-state index < -0.39 is 0 Å². The molecule has 2 aliphatic heterocycles. The molecule has 4 nitrogen and oxygen atoms in total. The summed E-state index contributed by atoms with van der Waals surface area (Å²) in [4.78, 5) is 13.9. The fourth-order valence-corrected chi connectivity index (χ4v) is 3.24. The van der Waals surface area contributed by atoms with E-state index in [-0.39, 0.29) is 11.3 Å². The van der Waals surface area contributed by atoms with Gasteiger partial charge in [0.25, 0.3) is 0 Å². The Kier molecular flexibility index (Phi) is 3.29. The quantitative estimate of drug-likeness (QED) is 0.826. The molecule has 0 unspecified atom stereocenters. The van der Waals surface area contributed by atoms with Crippen molar-refractivity contribution in [3.05, 3.63) is 35.9 Å². The minimum absolute atomic E-state index is 0.0268. The standard InChI is InChI=1S/C15H20N2O2/c18-14-10-15(12-17(14)19)6-8-16(9-7-15)11-13-4-2-1-3-5-13/h1-5,19H,6-12H2. The average Bonchev–Trinajstić information content (AvgIpc) is 2.69. The van der Waals surface area contributed by atoms with Crippen LogP contribution in [0.15, 0.2) is 30.3 Å². The van der Waals surface area contributed by atoms with Gasteiger partial charge in [0.2, 0.25) is 5.91 Å². The zero-order valence-electron chi connectivity index (χ0n) is 11.1. The highest BCUT2D eigenvalue weighted by molar-refractivity contribution is 5.78. The van der Waals surface area contributed by atoms with Gasteiger partial charge in [-0.05, 0) is 31.5 Å². The van der Waals surface area contributed by atoms with Crippen LogP contribution in [0.1, 0.15) is 24.8 Å². The molecule has 4 heteroatoms. The molecule has 19 heavy (non-hydrogen) atoms. The van der Waals surface area contributed by atoms with E-state index in [9.17, 15) is 10.0 Å². The van der Waals surface area contributed by atoms with Crippen LogP contribution in [0.5, 0.6) is 0 Å². The molecule has 2 aliphatic rings. The number of benzene rings is 1. The highest BCUT2D eigenvalue weighted by Crippen LogP contribution is 2.40. The third-order valence-corrected chi connectivity index (χ3v) is 4.47. The Morgan fingerprint density at radius 1 is 1.16 bits per heavy atom. The van der Waals surface area contributed by atoms with Gasteiger partial charge in [0.15, 0.2) is 0 Å². The lowest BCUT2D eigenvalue weighted by molar-refractivity contribution is -0.157. The molecule has 102 valence electrons. The zero-order chi connectivity index (χ0) is 13.3. The summed E-state index contributed by atoms with van der Waals surface area (Å²) in [6.07, 6.45) is 2.52. The van der Waals surface area contributed by atoms with E-state index >= 15 is 0 Å². The molecule has 0 aliphatic carbocycles. The number of nitrogens with zero attached hydrogens (tertiary/aromatic N) is 2. The predicted octanol–water partition coefficient (Wildman–Crippen LogP) is 1.89. The van der Waals surface area contributed by atoms with Gasteiger partial charge in [-0.25, -0.2) is 5.06 Å². The first-order chi connectivity index (χ1) is 9.17. The Labute approximate surface area is 113 Å².